The van der Waals surface area contributed by atoms with Crippen LogP contribution in [0, 0.1) is 0 Å². The van der Waals surface area contributed by atoms with Crippen LogP contribution in [0.15, 0.2) is 18.2 Å². The maximum absolute atomic E-state index is 10.4. The number of fused-ring (bicyclic) bond motifs is 1. The highest BCUT2D eigenvalue weighted by atomic mass is 16.5. The first-order chi connectivity index (χ1) is 9.34. The van der Waals surface area contributed by atoms with Gasteiger partial charge in [0, 0.05) is 12.2 Å². The van der Waals surface area contributed by atoms with Gasteiger partial charge in [0.2, 0.25) is 0 Å². The Balaban J connectivity index is 1.67. The van der Waals surface area contributed by atoms with Crippen LogP contribution in [-0.2, 0) is 11.2 Å². The first-order valence-corrected chi connectivity index (χ1v) is 7.39. The topological polar surface area (TPSA) is 38.7 Å². The quantitative estimate of drug-likeness (QED) is 0.906. The molecule has 1 saturated heterocycles. The van der Waals surface area contributed by atoms with E-state index in [1.54, 1.807) is 0 Å². The van der Waals surface area contributed by atoms with Crippen LogP contribution in [0.3, 0.4) is 0 Å². The Morgan fingerprint density at radius 2 is 2.21 bits per heavy atom. The van der Waals surface area contributed by atoms with Crippen LogP contribution in [0.25, 0.3) is 0 Å². The van der Waals surface area contributed by atoms with Gasteiger partial charge in [-0.2, -0.15) is 0 Å². The molecule has 104 valence electrons. The fourth-order valence-electron chi connectivity index (χ4n) is 3.05. The Labute approximate surface area is 114 Å². The monoisotopic (exact) mass is 262 g/mol. The summed E-state index contributed by atoms with van der Waals surface area (Å²) in [4.78, 5) is 0. The fourth-order valence-corrected chi connectivity index (χ4v) is 3.05. The average Bonchev–Trinajstić information content (AvgIpc) is 2.97. The number of aryl methyl sites for hydroxylation is 1. The fraction of sp³-hybridized carbons (Fsp3) is 0.625. The van der Waals surface area contributed by atoms with Gasteiger partial charge in [-0.1, -0.05) is 18.2 Å². The van der Waals surface area contributed by atoms with Gasteiger partial charge in [0.1, 0.15) is 5.75 Å². The molecule has 19 heavy (non-hydrogen) atoms. The van der Waals surface area contributed by atoms with Gasteiger partial charge in [0.15, 0.2) is 0 Å². The number of hydrogen-bond donors (Lipinski definition) is 1. The van der Waals surface area contributed by atoms with Crippen molar-refractivity contribution in [2.24, 2.45) is 0 Å². The predicted molar refractivity (Wildman–Crippen MR) is 73.4 cm³/mol. The summed E-state index contributed by atoms with van der Waals surface area (Å²) in [5.74, 6) is 0.925. The molecule has 2 aliphatic heterocycles. The Hall–Kier alpha value is -1.06. The van der Waals surface area contributed by atoms with Crippen molar-refractivity contribution in [1.82, 2.24) is 0 Å². The van der Waals surface area contributed by atoms with Crippen molar-refractivity contribution in [3.63, 3.8) is 0 Å². The van der Waals surface area contributed by atoms with Crippen LogP contribution in [0.5, 0.6) is 5.75 Å². The van der Waals surface area contributed by atoms with Gasteiger partial charge in [-0.15, -0.1) is 0 Å². The summed E-state index contributed by atoms with van der Waals surface area (Å²) in [6.45, 7) is 1.65. The predicted octanol–water partition coefficient (Wildman–Crippen LogP) is 3.00. The molecule has 0 aliphatic carbocycles. The van der Waals surface area contributed by atoms with Crippen molar-refractivity contribution in [3.8, 4) is 5.75 Å². The Morgan fingerprint density at radius 3 is 3.05 bits per heavy atom. The van der Waals surface area contributed by atoms with E-state index in [4.69, 9.17) is 9.47 Å². The summed E-state index contributed by atoms with van der Waals surface area (Å²) in [5.41, 5.74) is 2.19. The van der Waals surface area contributed by atoms with Crippen molar-refractivity contribution < 1.29 is 14.6 Å². The highest BCUT2D eigenvalue weighted by Gasteiger charge is 2.22. The third-order valence-electron chi connectivity index (χ3n) is 4.11. The lowest BCUT2D eigenvalue weighted by Crippen LogP contribution is -2.13. The number of rotatable bonds is 4. The summed E-state index contributed by atoms with van der Waals surface area (Å²) in [7, 11) is 0. The van der Waals surface area contributed by atoms with E-state index >= 15 is 0 Å². The Kier molecular flexibility index (Phi) is 4.04. The molecule has 1 aromatic rings. The van der Waals surface area contributed by atoms with Crippen molar-refractivity contribution in [2.75, 3.05) is 13.2 Å². The van der Waals surface area contributed by atoms with Gasteiger partial charge in [0.25, 0.3) is 0 Å². The maximum atomic E-state index is 10.4. The second-order valence-corrected chi connectivity index (χ2v) is 5.52. The first kappa shape index (κ1) is 12.9. The molecule has 0 amide bonds. The van der Waals surface area contributed by atoms with Crippen molar-refractivity contribution in [1.29, 1.82) is 0 Å². The molecular weight excluding hydrogens is 240 g/mol. The summed E-state index contributed by atoms with van der Waals surface area (Å²) < 4.78 is 11.4. The lowest BCUT2D eigenvalue weighted by atomic mass is 9.96. The second-order valence-electron chi connectivity index (χ2n) is 5.52. The van der Waals surface area contributed by atoms with Gasteiger partial charge in [-0.3, -0.25) is 0 Å². The van der Waals surface area contributed by atoms with Crippen LogP contribution < -0.4 is 4.74 Å². The van der Waals surface area contributed by atoms with E-state index in [-0.39, 0.29) is 0 Å². The third-order valence-corrected chi connectivity index (χ3v) is 4.11. The SMILES string of the molecule is OC(CCC1CCCO1)c1cccc2c1OCCC2. The smallest absolute Gasteiger partial charge is 0.128 e. The number of benzene rings is 1. The van der Waals surface area contributed by atoms with Crippen LogP contribution in [-0.4, -0.2) is 24.4 Å². The largest absolute Gasteiger partial charge is 0.493 e. The van der Waals surface area contributed by atoms with E-state index in [0.29, 0.717) is 6.10 Å². The molecule has 3 heteroatoms. The van der Waals surface area contributed by atoms with Gasteiger partial charge in [-0.05, 0) is 44.1 Å². The number of hydrogen-bond acceptors (Lipinski definition) is 3. The molecule has 0 aromatic heterocycles. The number of para-hydroxylation sites is 1. The molecule has 3 rings (SSSR count). The van der Waals surface area contributed by atoms with E-state index in [9.17, 15) is 5.11 Å². The lowest BCUT2D eigenvalue weighted by molar-refractivity contribution is 0.0801. The highest BCUT2D eigenvalue weighted by Crippen LogP contribution is 2.35. The molecule has 2 atom stereocenters. The van der Waals surface area contributed by atoms with E-state index < -0.39 is 6.10 Å². The van der Waals surface area contributed by atoms with Crippen LogP contribution in [0.2, 0.25) is 0 Å². The molecular formula is C16H22O3. The molecule has 1 N–H and O–H groups in total. The minimum atomic E-state index is -0.433. The third kappa shape index (κ3) is 2.93. The molecule has 2 heterocycles. The summed E-state index contributed by atoms with van der Waals surface area (Å²) in [6, 6.07) is 6.12. The molecule has 0 radical (unpaired) electrons. The minimum absolute atomic E-state index is 0.343. The zero-order valence-corrected chi connectivity index (χ0v) is 11.3. The molecule has 3 nitrogen and oxygen atoms in total. The number of aliphatic hydroxyl groups excluding tert-OH is 1. The minimum Gasteiger partial charge on any atom is -0.493 e. The van der Waals surface area contributed by atoms with E-state index in [1.165, 1.54) is 5.56 Å². The van der Waals surface area contributed by atoms with Crippen molar-refractivity contribution in [2.45, 2.75) is 50.7 Å². The lowest BCUT2D eigenvalue weighted by Gasteiger charge is -2.23. The van der Waals surface area contributed by atoms with Crippen molar-refractivity contribution in [3.05, 3.63) is 29.3 Å². The van der Waals surface area contributed by atoms with Crippen LogP contribution in [0.4, 0.5) is 0 Å². The standard InChI is InChI=1S/C16H22O3/c17-15(9-8-13-6-3-10-18-13)14-7-1-4-12-5-2-11-19-16(12)14/h1,4,7,13,15,17H,2-3,5-6,8-11H2. The van der Waals surface area contributed by atoms with Gasteiger partial charge < -0.3 is 14.6 Å². The maximum Gasteiger partial charge on any atom is 0.128 e. The molecule has 2 aliphatic rings. The molecule has 0 spiro atoms. The molecule has 2 unspecified atom stereocenters. The molecule has 1 aromatic carbocycles. The van der Waals surface area contributed by atoms with E-state index in [1.807, 2.05) is 12.1 Å². The summed E-state index contributed by atoms with van der Waals surface area (Å²) >= 11 is 0. The van der Waals surface area contributed by atoms with E-state index in [0.717, 1.165) is 63.1 Å². The highest BCUT2D eigenvalue weighted by molar-refractivity contribution is 5.43. The van der Waals surface area contributed by atoms with Gasteiger partial charge in [-0.25, -0.2) is 0 Å². The zero-order chi connectivity index (χ0) is 13.1. The normalized spacial score (nSPS) is 23.7. The van der Waals surface area contributed by atoms with Crippen molar-refractivity contribution >= 4 is 0 Å². The van der Waals surface area contributed by atoms with Crippen LogP contribution in [0.1, 0.15) is 49.3 Å². The van der Waals surface area contributed by atoms with E-state index in [2.05, 4.69) is 6.07 Å². The average molecular weight is 262 g/mol. The molecule has 1 fully saturated rings. The number of ether oxygens (including phenoxy) is 2. The summed E-state index contributed by atoms with van der Waals surface area (Å²) in [5, 5.41) is 10.4. The van der Waals surface area contributed by atoms with Gasteiger partial charge >= 0.3 is 0 Å². The van der Waals surface area contributed by atoms with Crippen LogP contribution >= 0.6 is 0 Å². The summed E-state index contributed by atoms with van der Waals surface area (Å²) in [6.07, 6.45) is 6.02. The Bertz CT molecular complexity index is 424. The zero-order valence-electron chi connectivity index (χ0n) is 11.3. The Morgan fingerprint density at radius 1 is 1.26 bits per heavy atom. The first-order valence-electron chi connectivity index (χ1n) is 7.39. The molecule has 0 saturated carbocycles. The van der Waals surface area contributed by atoms with Gasteiger partial charge in [0.05, 0.1) is 18.8 Å². The second kappa shape index (κ2) is 5.93. The number of aliphatic hydroxyl groups is 1. The molecule has 0 bridgehead atoms.